The monoisotopic (exact) mass is 344 g/mol. The Labute approximate surface area is 142 Å². The van der Waals surface area contributed by atoms with Crippen molar-refractivity contribution in [3.05, 3.63) is 22.5 Å². The van der Waals surface area contributed by atoms with E-state index in [1.807, 2.05) is 0 Å². The standard InChI is InChI=1S/C9H15NO4.C7H13NO2/c1-4-13-8(11)6(3)7(10)9(12)14-5-2;1-4-10-7(9)5(2)6(3)8/h4-5,10H2,1-3H3;4,8H2,1-3H3/b7-6+;6-5-. The van der Waals surface area contributed by atoms with Gasteiger partial charge in [0.25, 0.3) is 0 Å². The van der Waals surface area contributed by atoms with Crippen LogP contribution in [0.2, 0.25) is 0 Å². The summed E-state index contributed by atoms with van der Waals surface area (Å²) < 4.78 is 14.0. The molecule has 0 amide bonds. The summed E-state index contributed by atoms with van der Waals surface area (Å²) in [5, 5.41) is 0. The second-order valence-corrected chi connectivity index (χ2v) is 4.51. The van der Waals surface area contributed by atoms with E-state index >= 15 is 0 Å². The number of rotatable bonds is 6. The van der Waals surface area contributed by atoms with Crippen molar-refractivity contribution in [2.24, 2.45) is 11.5 Å². The molecule has 0 spiro atoms. The summed E-state index contributed by atoms with van der Waals surface area (Å²) in [4.78, 5) is 33.0. The van der Waals surface area contributed by atoms with Gasteiger partial charge < -0.3 is 25.7 Å². The van der Waals surface area contributed by atoms with Crippen LogP contribution in [-0.2, 0) is 28.6 Å². The van der Waals surface area contributed by atoms with E-state index in [0.29, 0.717) is 17.9 Å². The Bertz CT molecular complexity index is 479. The first-order chi connectivity index (χ1) is 11.1. The van der Waals surface area contributed by atoms with Crippen LogP contribution in [0, 0.1) is 0 Å². The summed E-state index contributed by atoms with van der Waals surface area (Å²) in [6.45, 7) is 10.7. The predicted molar refractivity (Wildman–Crippen MR) is 89.3 cm³/mol. The van der Waals surface area contributed by atoms with Gasteiger partial charge in [-0.05, 0) is 41.5 Å². The van der Waals surface area contributed by atoms with E-state index in [4.69, 9.17) is 11.5 Å². The van der Waals surface area contributed by atoms with E-state index < -0.39 is 11.9 Å². The number of carbonyl (C=O) groups excluding carboxylic acids is 3. The zero-order chi connectivity index (χ0) is 19.3. The third kappa shape index (κ3) is 9.50. The average molecular weight is 344 g/mol. The first kappa shape index (κ1) is 23.8. The lowest BCUT2D eigenvalue weighted by Gasteiger charge is -2.06. The fourth-order valence-corrected chi connectivity index (χ4v) is 1.11. The molecule has 0 saturated carbocycles. The summed E-state index contributed by atoms with van der Waals surface area (Å²) >= 11 is 0. The average Bonchev–Trinajstić information content (AvgIpc) is 2.53. The Hall–Kier alpha value is -2.51. The van der Waals surface area contributed by atoms with Gasteiger partial charge in [0.15, 0.2) is 0 Å². The van der Waals surface area contributed by atoms with Gasteiger partial charge in [0, 0.05) is 5.70 Å². The fourth-order valence-electron chi connectivity index (χ4n) is 1.11. The van der Waals surface area contributed by atoms with Crippen molar-refractivity contribution >= 4 is 17.9 Å². The van der Waals surface area contributed by atoms with Gasteiger partial charge in [-0.15, -0.1) is 0 Å². The molecule has 0 aromatic rings. The minimum atomic E-state index is -0.696. The molecule has 8 heteroatoms. The molecule has 0 unspecified atom stereocenters. The molecule has 0 aromatic carbocycles. The molecule has 0 aromatic heterocycles. The maximum Gasteiger partial charge on any atom is 0.354 e. The first-order valence-electron chi connectivity index (χ1n) is 7.54. The topological polar surface area (TPSA) is 131 Å². The lowest BCUT2D eigenvalue weighted by atomic mass is 10.2. The number of hydrogen-bond donors (Lipinski definition) is 2. The lowest BCUT2D eigenvalue weighted by molar-refractivity contribution is -0.141. The quantitative estimate of drug-likeness (QED) is 0.417. The summed E-state index contributed by atoms with van der Waals surface area (Å²) in [7, 11) is 0. The minimum Gasteiger partial charge on any atom is -0.463 e. The zero-order valence-corrected chi connectivity index (χ0v) is 15.2. The van der Waals surface area contributed by atoms with Crippen LogP contribution in [0.4, 0.5) is 0 Å². The van der Waals surface area contributed by atoms with Crippen molar-refractivity contribution in [2.45, 2.75) is 41.5 Å². The molecular weight excluding hydrogens is 316 g/mol. The first-order valence-corrected chi connectivity index (χ1v) is 7.54. The van der Waals surface area contributed by atoms with Crippen molar-refractivity contribution in [2.75, 3.05) is 19.8 Å². The number of esters is 3. The molecule has 0 saturated heterocycles. The third-order valence-corrected chi connectivity index (χ3v) is 2.65. The second kappa shape index (κ2) is 13.0. The molecule has 0 fully saturated rings. The number of ether oxygens (including phenoxy) is 3. The maximum atomic E-state index is 11.1. The molecule has 138 valence electrons. The summed E-state index contributed by atoms with van der Waals surface area (Å²) in [5.41, 5.74) is 11.6. The molecule has 0 atom stereocenters. The van der Waals surface area contributed by atoms with Gasteiger partial charge in [-0.2, -0.15) is 0 Å². The molecule has 8 nitrogen and oxygen atoms in total. The normalized spacial score (nSPS) is 11.9. The summed E-state index contributed by atoms with van der Waals surface area (Å²) in [6.07, 6.45) is 0. The van der Waals surface area contributed by atoms with Crippen LogP contribution in [0.3, 0.4) is 0 Å². The largest absolute Gasteiger partial charge is 0.463 e. The van der Waals surface area contributed by atoms with Crippen LogP contribution in [0.5, 0.6) is 0 Å². The van der Waals surface area contributed by atoms with Crippen LogP contribution in [0.25, 0.3) is 0 Å². The van der Waals surface area contributed by atoms with Gasteiger partial charge in [0.05, 0.1) is 31.0 Å². The van der Waals surface area contributed by atoms with E-state index in [1.165, 1.54) is 6.92 Å². The number of carbonyl (C=O) groups is 3. The highest BCUT2D eigenvalue weighted by Gasteiger charge is 2.16. The van der Waals surface area contributed by atoms with Crippen molar-refractivity contribution in [3.63, 3.8) is 0 Å². The number of hydrogen-bond acceptors (Lipinski definition) is 8. The number of nitrogens with two attached hydrogens (primary N) is 2. The van der Waals surface area contributed by atoms with E-state index in [2.05, 4.69) is 14.2 Å². The molecule has 0 bridgehead atoms. The Balaban J connectivity index is 0. The van der Waals surface area contributed by atoms with Crippen LogP contribution >= 0.6 is 0 Å². The zero-order valence-electron chi connectivity index (χ0n) is 15.2. The Morgan fingerprint density at radius 2 is 1.00 bits per heavy atom. The van der Waals surface area contributed by atoms with Crippen molar-refractivity contribution in [3.8, 4) is 0 Å². The molecule has 0 aliphatic rings. The molecule has 0 rings (SSSR count). The SMILES string of the molecule is CCOC(=O)/C(C)=C(/C)N.CCOC(=O)/C(C)=C(/N)C(=O)OCC. The van der Waals surface area contributed by atoms with Gasteiger partial charge in [-0.3, -0.25) is 0 Å². The highest BCUT2D eigenvalue weighted by molar-refractivity contribution is 5.99. The highest BCUT2D eigenvalue weighted by Crippen LogP contribution is 2.03. The molecular formula is C16H28N2O6. The van der Waals surface area contributed by atoms with Crippen LogP contribution in [-0.4, -0.2) is 37.7 Å². The van der Waals surface area contributed by atoms with Gasteiger partial charge in [0.2, 0.25) is 0 Å². The molecule has 0 aliphatic heterocycles. The highest BCUT2D eigenvalue weighted by atomic mass is 16.5. The fraction of sp³-hybridized carbons (Fsp3) is 0.562. The van der Waals surface area contributed by atoms with Gasteiger partial charge >= 0.3 is 17.9 Å². The van der Waals surface area contributed by atoms with Crippen LogP contribution in [0.1, 0.15) is 41.5 Å². The Morgan fingerprint density at radius 1 is 0.667 bits per heavy atom. The number of allylic oxidation sites excluding steroid dienone is 1. The van der Waals surface area contributed by atoms with Crippen molar-refractivity contribution < 1.29 is 28.6 Å². The van der Waals surface area contributed by atoms with E-state index in [0.717, 1.165) is 0 Å². The van der Waals surface area contributed by atoms with Gasteiger partial charge in [0.1, 0.15) is 5.70 Å². The Kier molecular flexibility index (Phi) is 12.8. The third-order valence-electron chi connectivity index (χ3n) is 2.65. The van der Waals surface area contributed by atoms with Gasteiger partial charge in [-0.1, -0.05) is 0 Å². The molecule has 24 heavy (non-hydrogen) atoms. The van der Waals surface area contributed by atoms with E-state index in [-0.39, 0.29) is 30.5 Å². The summed E-state index contributed by atoms with van der Waals surface area (Å²) in [6, 6.07) is 0. The lowest BCUT2D eigenvalue weighted by Crippen LogP contribution is -2.20. The molecule has 0 radical (unpaired) electrons. The van der Waals surface area contributed by atoms with Crippen LogP contribution in [0.15, 0.2) is 22.5 Å². The van der Waals surface area contributed by atoms with E-state index in [1.54, 1.807) is 34.6 Å². The molecule has 0 heterocycles. The predicted octanol–water partition coefficient (Wildman–Crippen LogP) is 1.15. The van der Waals surface area contributed by atoms with Gasteiger partial charge in [-0.25, -0.2) is 14.4 Å². The smallest absolute Gasteiger partial charge is 0.354 e. The minimum absolute atomic E-state index is 0.0744. The van der Waals surface area contributed by atoms with Crippen molar-refractivity contribution in [1.82, 2.24) is 0 Å². The Morgan fingerprint density at radius 3 is 1.33 bits per heavy atom. The summed E-state index contributed by atoms with van der Waals surface area (Å²) in [5.74, 6) is -1.63. The molecule has 4 N–H and O–H groups in total. The maximum absolute atomic E-state index is 11.1. The second-order valence-electron chi connectivity index (χ2n) is 4.51. The van der Waals surface area contributed by atoms with Crippen molar-refractivity contribution in [1.29, 1.82) is 0 Å². The van der Waals surface area contributed by atoms with Crippen LogP contribution < -0.4 is 11.5 Å². The van der Waals surface area contributed by atoms with E-state index in [9.17, 15) is 14.4 Å². The molecule has 0 aliphatic carbocycles.